The maximum atomic E-state index is 11.5. The minimum Gasteiger partial charge on any atom is -0.481 e. The predicted molar refractivity (Wildman–Crippen MR) is 64.6 cm³/mol. The van der Waals surface area contributed by atoms with Crippen LogP contribution in [0.2, 0.25) is 0 Å². The molecule has 0 atom stereocenters. The van der Waals surface area contributed by atoms with Crippen LogP contribution in [-0.4, -0.2) is 34.5 Å². The number of thioether (sulfide) groups is 1. The molecular weight excluding hydrogens is 226 g/mol. The largest absolute Gasteiger partial charge is 0.481 e. The molecule has 1 amide bonds. The molecule has 0 aliphatic carbocycles. The number of hydrogen-bond acceptors (Lipinski definition) is 3. The van der Waals surface area contributed by atoms with Gasteiger partial charge in [0.2, 0.25) is 5.91 Å². The Morgan fingerprint density at radius 3 is 2.44 bits per heavy atom. The Morgan fingerprint density at radius 1 is 1.19 bits per heavy atom. The monoisotopic (exact) mass is 245 g/mol. The fourth-order valence-corrected chi connectivity index (χ4v) is 2.81. The lowest BCUT2D eigenvalue weighted by molar-refractivity contribution is -0.137. The first kappa shape index (κ1) is 13.4. The van der Waals surface area contributed by atoms with Crippen molar-refractivity contribution in [1.82, 2.24) is 5.32 Å². The zero-order valence-electron chi connectivity index (χ0n) is 9.41. The van der Waals surface area contributed by atoms with Crippen LogP contribution in [0, 0.1) is 0 Å². The van der Waals surface area contributed by atoms with E-state index in [1.165, 1.54) is 0 Å². The van der Waals surface area contributed by atoms with Crippen molar-refractivity contribution in [3.05, 3.63) is 0 Å². The van der Waals surface area contributed by atoms with Gasteiger partial charge in [0, 0.05) is 18.9 Å². The van der Waals surface area contributed by atoms with E-state index in [9.17, 15) is 9.59 Å². The normalized spacial score (nSPS) is 17.0. The van der Waals surface area contributed by atoms with E-state index in [2.05, 4.69) is 5.32 Å². The third-order valence-electron chi connectivity index (χ3n) is 2.63. The number of carboxylic acids is 1. The van der Waals surface area contributed by atoms with E-state index in [4.69, 9.17) is 5.11 Å². The van der Waals surface area contributed by atoms with E-state index in [1.807, 2.05) is 11.8 Å². The number of carbonyl (C=O) groups is 2. The van der Waals surface area contributed by atoms with Gasteiger partial charge in [-0.25, -0.2) is 0 Å². The predicted octanol–water partition coefficient (Wildman–Crippen LogP) is 1.64. The van der Waals surface area contributed by atoms with Crippen LogP contribution in [0.5, 0.6) is 0 Å². The van der Waals surface area contributed by atoms with E-state index in [0.717, 1.165) is 24.3 Å². The van der Waals surface area contributed by atoms with E-state index < -0.39 is 5.97 Å². The van der Waals surface area contributed by atoms with Gasteiger partial charge in [-0.2, -0.15) is 11.8 Å². The standard InChI is InChI=1S/C11H19NO3S/c13-10(3-1-2-4-11(14)15)12-9-5-7-16-8-6-9/h9H,1-8H2,(H,12,13)(H,14,15). The van der Waals surface area contributed by atoms with Crippen LogP contribution in [-0.2, 0) is 9.59 Å². The van der Waals surface area contributed by atoms with Gasteiger partial charge in [0.15, 0.2) is 0 Å². The second-order valence-corrected chi connectivity index (χ2v) is 5.28. The van der Waals surface area contributed by atoms with Gasteiger partial charge >= 0.3 is 5.97 Å². The maximum Gasteiger partial charge on any atom is 0.303 e. The summed E-state index contributed by atoms with van der Waals surface area (Å²) in [6.07, 6.45) is 3.99. The molecular formula is C11H19NO3S. The van der Waals surface area contributed by atoms with Gasteiger partial charge in [-0.3, -0.25) is 9.59 Å². The average Bonchev–Trinajstić information content (AvgIpc) is 2.25. The van der Waals surface area contributed by atoms with Crippen LogP contribution in [0.1, 0.15) is 38.5 Å². The highest BCUT2D eigenvalue weighted by Gasteiger charge is 2.15. The van der Waals surface area contributed by atoms with Crippen LogP contribution >= 0.6 is 11.8 Å². The summed E-state index contributed by atoms with van der Waals surface area (Å²) in [5.74, 6) is 1.54. The summed E-state index contributed by atoms with van der Waals surface area (Å²) in [4.78, 5) is 21.7. The molecule has 1 heterocycles. The molecule has 5 heteroatoms. The number of unbranched alkanes of at least 4 members (excludes halogenated alkanes) is 1. The van der Waals surface area contributed by atoms with E-state index >= 15 is 0 Å². The number of amides is 1. The highest BCUT2D eigenvalue weighted by Crippen LogP contribution is 2.17. The molecule has 0 aromatic carbocycles. The van der Waals surface area contributed by atoms with Crippen LogP contribution in [0.3, 0.4) is 0 Å². The van der Waals surface area contributed by atoms with Crippen LogP contribution in [0.4, 0.5) is 0 Å². The second kappa shape index (κ2) is 7.54. The topological polar surface area (TPSA) is 66.4 Å². The van der Waals surface area contributed by atoms with Gasteiger partial charge < -0.3 is 10.4 Å². The molecule has 0 spiro atoms. The molecule has 16 heavy (non-hydrogen) atoms. The van der Waals surface area contributed by atoms with Crippen molar-refractivity contribution < 1.29 is 14.7 Å². The average molecular weight is 245 g/mol. The summed E-state index contributed by atoms with van der Waals surface area (Å²) < 4.78 is 0. The molecule has 1 rings (SSSR count). The fraction of sp³-hybridized carbons (Fsp3) is 0.818. The molecule has 0 unspecified atom stereocenters. The smallest absolute Gasteiger partial charge is 0.303 e. The Hall–Kier alpha value is -0.710. The molecule has 1 saturated heterocycles. The van der Waals surface area contributed by atoms with Crippen molar-refractivity contribution in [3.8, 4) is 0 Å². The van der Waals surface area contributed by atoms with E-state index in [1.54, 1.807) is 0 Å². The third kappa shape index (κ3) is 6.00. The number of carbonyl (C=O) groups excluding carboxylic acids is 1. The Balaban J connectivity index is 2.03. The summed E-state index contributed by atoms with van der Waals surface area (Å²) in [6, 6.07) is 0.341. The van der Waals surface area contributed by atoms with Crippen molar-refractivity contribution in [3.63, 3.8) is 0 Å². The number of hydrogen-bond donors (Lipinski definition) is 2. The van der Waals surface area contributed by atoms with Crippen LogP contribution in [0.25, 0.3) is 0 Å². The van der Waals surface area contributed by atoms with Gasteiger partial charge in [0.1, 0.15) is 0 Å². The number of rotatable bonds is 6. The van der Waals surface area contributed by atoms with E-state index in [0.29, 0.717) is 25.3 Å². The van der Waals surface area contributed by atoms with Gasteiger partial charge in [0.25, 0.3) is 0 Å². The SMILES string of the molecule is O=C(O)CCCCC(=O)NC1CCSCC1. The Kier molecular flexibility index (Phi) is 6.30. The quantitative estimate of drug-likeness (QED) is 0.698. The summed E-state index contributed by atoms with van der Waals surface area (Å²) in [5, 5.41) is 11.4. The summed E-state index contributed by atoms with van der Waals surface area (Å²) in [5.41, 5.74) is 0. The first-order valence-electron chi connectivity index (χ1n) is 5.77. The van der Waals surface area contributed by atoms with Crippen molar-refractivity contribution in [2.45, 2.75) is 44.6 Å². The Labute approximate surface area is 100 Å². The first-order chi connectivity index (χ1) is 7.68. The molecule has 0 aromatic rings. The lowest BCUT2D eigenvalue weighted by Crippen LogP contribution is -2.37. The number of nitrogens with one attached hydrogen (secondary N) is 1. The van der Waals surface area contributed by atoms with Gasteiger partial charge in [0.05, 0.1) is 0 Å². The van der Waals surface area contributed by atoms with Crippen LogP contribution in [0.15, 0.2) is 0 Å². The maximum absolute atomic E-state index is 11.5. The molecule has 0 saturated carbocycles. The molecule has 4 nitrogen and oxygen atoms in total. The Bertz CT molecular complexity index is 239. The zero-order chi connectivity index (χ0) is 11.8. The second-order valence-electron chi connectivity index (χ2n) is 4.06. The highest BCUT2D eigenvalue weighted by atomic mass is 32.2. The van der Waals surface area contributed by atoms with E-state index in [-0.39, 0.29) is 12.3 Å². The zero-order valence-corrected chi connectivity index (χ0v) is 10.2. The summed E-state index contributed by atoms with van der Waals surface area (Å²) in [6.45, 7) is 0. The molecule has 92 valence electrons. The number of aliphatic carboxylic acids is 1. The molecule has 1 aliphatic heterocycles. The van der Waals surface area contributed by atoms with Crippen molar-refractivity contribution in [2.24, 2.45) is 0 Å². The Morgan fingerprint density at radius 2 is 1.81 bits per heavy atom. The van der Waals surface area contributed by atoms with Crippen LogP contribution < -0.4 is 5.32 Å². The van der Waals surface area contributed by atoms with Gasteiger partial charge in [-0.05, 0) is 37.2 Å². The molecule has 1 fully saturated rings. The summed E-state index contributed by atoms with van der Waals surface area (Å²) in [7, 11) is 0. The van der Waals surface area contributed by atoms with Crippen molar-refractivity contribution in [2.75, 3.05) is 11.5 Å². The fourth-order valence-electron chi connectivity index (χ4n) is 1.70. The molecule has 0 radical (unpaired) electrons. The van der Waals surface area contributed by atoms with Crippen molar-refractivity contribution in [1.29, 1.82) is 0 Å². The first-order valence-corrected chi connectivity index (χ1v) is 6.93. The van der Waals surface area contributed by atoms with Gasteiger partial charge in [-0.15, -0.1) is 0 Å². The van der Waals surface area contributed by atoms with Gasteiger partial charge in [-0.1, -0.05) is 0 Å². The molecule has 0 aromatic heterocycles. The lowest BCUT2D eigenvalue weighted by atomic mass is 10.1. The minimum absolute atomic E-state index is 0.0716. The summed E-state index contributed by atoms with van der Waals surface area (Å²) >= 11 is 1.93. The number of carboxylic acid groups (broad SMARTS) is 1. The van der Waals surface area contributed by atoms with Crippen molar-refractivity contribution >= 4 is 23.6 Å². The molecule has 2 N–H and O–H groups in total. The molecule has 1 aliphatic rings. The molecule has 0 bridgehead atoms. The lowest BCUT2D eigenvalue weighted by Gasteiger charge is -2.22. The minimum atomic E-state index is -0.787. The third-order valence-corrected chi connectivity index (χ3v) is 3.68. The highest BCUT2D eigenvalue weighted by molar-refractivity contribution is 7.99.